The third-order valence-corrected chi connectivity index (χ3v) is 5.42. The molecule has 1 heterocycles. The number of rotatable bonds is 6. The normalized spacial score (nSPS) is 11.1. The largest absolute Gasteiger partial charge is 0.488 e. The van der Waals surface area contributed by atoms with Gasteiger partial charge in [-0.25, -0.2) is 4.98 Å². The molecule has 0 unspecified atom stereocenters. The smallest absolute Gasteiger partial charge is 0.204 e. The van der Waals surface area contributed by atoms with E-state index < -0.39 is 0 Å². The highest BCUT2D eigenvalue weighted by Crippen LogP contribution is 2.27. The average Bonchev–Trinajstić information content (AvgIpc) is 3.11. The number of anilines is 1. The van der Waals surface area contributed by atoms with E-state index in [1.807, 2.05) is 72.8 Å². The van der Waals surface area contributed by atoms with Gasteiger partial charge in [-0.2, -0.15) is 5.10 Å². The lowest BCUT2D eigenvalue weighted by molar-refractivity contribution is 0.304. The van der Waals surface area contributed by atoms with Crippen molar-refractivity contribution in [2.75, 3.05) is 5.43 Å². The van der Waals surface area contributed by atoms with Gasteiger partial charge in [0.2, 0.25) is 5.13 Å². The molecule has 1 aromatic heterocycles. The van der Waals surface area contributed by atoms with Gasteiger partial charge in [0.1, 0.15) is 12.4 Å². The molecule has 0 saturated heterocycles. The molecular formula is C21H16BrN3OS. The lowest BCUT2D eigenvalue weighted by Gasteiger charge is -2.08. The fourth-order valence-electron chi connectivity index (χ4n) is 2.53. The van der Waals surface area contributed by atoms with Crippen LogP contribution in [0.3, 0.4) is 0 Å². The first-order valence-electron chi connectivity index (χ1n) is 8.39. The molecule has 0 spiro atoms. The van der Waals surface area contributed by atoms with E-state index >= 15 is 0 Å². The Morgan fingerprint density at radius 1 is 1.04 bits per heavy atom. The van der Waals surface area contributed by atoms with Crippen molar-refractivity contribution in [2.45, 2.75) is 6.61 Å². The first-order chi connectivity index (χ1) is 13.3. The van der Waals surface area contributed by atoms with E-state index in [9.17, 15) is 0 Å². The van der Waals surface area contributed by atoms with E-state index in [4.69, 9.17) is 4.74 Å². The Kier molecular flexibility index (Phi) is 5.46. The lowest BCUT2D eigenvalue weighted by atomic mass is 10.2. The number of thiazole rings is 1. The van der Waals surface area contributed by atoms with E-state index in [1.54, 1.807) is 17.6 Å². The molecule has 0 aliphatic rings. The van der Waals surface area contributed by atoms with Gasteiger partial charge in [-0.1, -0.05) is 53.8 Å². The van der Waals surface area contributed by atoms with Crippen molar-refractivity contribution in [3.05, 3.63) is 88.4 Å². The highest BCUT2D eigenvalue weighted by Gasteiger charge is 2.03. The third kappa shape index (κ3) is 4.53. The molecule has 0 aliphatic heterocycles. The minimum atomic E-state index is 0.534. The van der Waals surface area contributed by atoms with Crippen LogP contribution in [0.2, 0.25) is 0 Å². The standard InChI is InChI=1S/C21H16BrN3OS/c22-17-12-16(10-11-19(17)26-14-15-6-2-1-3-7-15)13-23-25-21-24-18-8-4-5-9-20(18)27-21/h1-13H,14H2,(H,24,25)/b23-13-. The molecule has 0 atom stereocenters. The number of hydrogen-bond acceptors (Lipinski definition) is 5. The number of para-hydroxylation sites is 1. The Balaban J connectivity index is 1.39. The SMILES string of the molecule is Brc1cc(/C=N\Nc2nc3ccccc3s2)ccc1OCc1ccccc1. The number of fused-ring (bicyclic) bond motifs is 1. The quantitative estimate of drug-likeness (QED) is 0.293. The highest BCUT2D eigenvalue weighted by atomic mass is 79.9. The van der Waals surface area contributed by atoms with Crippen LogP contribution >= 0.6 is 27.3 Å². The molecule has 27 heavy (non-hydrogen) atoms. The van der Waals surface area contributed by atoms with Crippen LogP contribution in [0.1, 0.15) is 11.1 Å². The molecule has 0 amide bonds. The second-order valence-electron chi connectivity index (χ2n) is 5.82. The molecule has 4 aromatic rings. The summed E-state index contributed by atoms with van der Waals surface area (Å²) in [6, 6.07) is 24.0. The van der Waals surface area contributed by atoms with Gasteiger partial charge < -0.3 is 4.74 Å². The van der Waals surface area contributed by atoms with Crippen molar-refractivity contribution in [3.63, 3.8) is 0 Å². The number of aromatic nitrogens is 1. The van der Waals surface area contributed by atoms with E-state index in [0.717, 1.165) is 36.7 Å². The van der Waals surface area contributed by atoms with Gasteiger partial charge >= 0.3 is 0 Å². The van der Waals surface area contributed by atoms with Crippen LogP contribution in [0.5, 0.6) is 5.75 Å². The van der Waals surface area contributed by atoms with Crippen LogP contribution in [-0.2, 0) is 6.61 Å². The summed E-state index contributed by atoms with van der Waals surface area (Å²) in [5.41, 5.74) is 6.06. The van der Waals surface area contributed by atoms with Gasteiger partial charge in [-0.3, -0.25) is 5.43 Å². The van der Waals surface area contributed by atoms with E-state index in [0.29, 0.717) is 6.61 Å². The summed E-state index contributed by atoms with van der Waals surface area (Å²) in [4.78, 5) is 4.49. The van der Waals surface area contributed by atoms with E-state index in [1.165, 1.54) is 0 Å². The third-order valence-electron chi connectivity index (χ3n) is 3.86. The molecule has 0 fully saturated rings. The second-order valence-corrected chi connectivity index (χ2v) is 7.71. The van der Waals surface area contributed by atoms with Gasteiger partial charge in [-0.05, 0) is 57.4 Å². The first kappa shape index (κ1) is 17.7. The van der Waals surface area contributed by atoms with Gasteiger partial charge in [0.25, 0.3) is 0 Å². The van der Waals surface area contributed by atoms with Crippen molar-refractivity contribution in [1.82, 2.24) is 4.98 Å². The predicted octanol–water partition coefficient (Wildman–Crippen LogP) is 6.08. The van der Waals surface area contributed by atoms with Crippen molar-refractivity contribution >= 4 is 48.8 Å². The van der Waals surface area contributed by atoms with Crippen LogP contribution in [0.4, 0.5) is 5.13 Å². The van der Waals surface area contributed by atoms with Gasteiger partial charge in [-0.15, -0.1) is 0 Å². The number of hydrogen-bond donors (Lipinski definition) is 1. The fraction of sp³-hybridized carbons (Fsp3) is 0.0476. The van der Waals surface area contributed by atoms with Crippen LogP contribution in [-0.4, -0.2) is 11.2 Å². The molecule has 0 bridgehead atoms. The predicted molar refractivity (Wildman–Crippen MR) is 116 cm³/mol. The Bertz CT molecular complexity index is 1050. The zero-order valence-corrected chi connectivity index (χ0v) is 16.7. The molecule has 134 valence electrons. The zero-order chi connectivity index (χ0) is 18.5. The molecular weight excluding hydrogens is 422 g/mol. The van der Waals surface area contributed by atoms with Crippen LogP contribution < -0.4 is 10.2 Å². The van der Waals surface area contributed by atoms with Gasteiger partial charge in [0.15, 0.2) is 0 Å². The van der Waals surface area contributed by atoms with Crippen molar-refractivity contribution in [3.8, 4) is 5.75 Å². The maximum Gasteiger partial charge on any atom is 0.204 e. The molecule has 0 aliphatic carbocycles. The summed E-state index contributed by atoms with van der Waals surface area (Å²) < 4.78 is 7.90. The summed E-state index contributed by atoms with van der Waals surface area (Å²) in [5.74, 6) is 0.801. The Hall–Kier alpha value is -2.70. The molecule has 0 saturated carbocycles. The first-order valence-corrected chi connectivity index (χ1v) is 10.00. The fourth-order valence-corrected chi connectivity index (χ4v) is 3.86. The Morgan fingerprint density at radius 3 is 2.67 bits per heavy atom. The van der Waals surface area contributed by atoms with Crippen molar-refractivity contribution in [1.29, 1.82) is 0 Å². The van der Waals surface area contributed by atoms with Crippen LogP contribution in [0, 0.1) is 0 Å². The summed E-state index contributed by atoms with van der Waals surface area (Å²) in [6.45, 7) is 0.534. The molecule has 6 heteroatoms. The van der Waals surface area contributed by atoms with E-state index in [2.05, 4.69) is 31.4 Å². The summed E-state index contributed by atoms with van der Waals surface area (Å²) in [7, 11) is 0. The molecule has 3 aromatic carbocycles. The summed E-state index contributed by atoms with van der Waals surface area (Å²) in [6.07, 6.45) is 1.76. The van der Waals surface area contributed by atoms with E-state index in [-0.39, 0.29) is 0 Å². The second kappa shape index (κ2) is 8.33. The number of halogens is 1. The van der Waals surface area contributed by atoms with Crippen molar-refractivity contribution < 1.29 is 4.74 Å². The lowest BCUT2D eigenvalue weighted by Crippen LogP contribution is -1.96. The van der Waals surface area contributed by atoms with Crippen LogP contribution in [0.15, 0.2) is 82.4 Å². The topological polar surface area (TPSA) is 46.5 Å². The molecule has 1 N–H and O–H groups in total. The number of nitrogens with one attached hydrogen (secondary N) is 1. The van der Waals surface area contributed by atoms with Gasteiger partial charge in [0, 0.05) is 0 Å². The number of hydrazone groups is 1. The minimum Gasteiger partial charge on any atom is -0.488 e. The molecule has 4 rings (SSSR count). The van der Waals surface area contributed by atoms with Crippen molar-refractivity contribution in [2.24, 2.45) is 5.10 Å². The zero-order valence-electron chi connectivity index (χ0n) is 14.3. The van der Waals surface area contributed by atoms with Gasteiger partial charge in [0.05, 0.1) is 20.9 Å². The Labute approximate surface area is 169 Å². The summed E-state index contributed by atoms with van der Waals surface area (Å²) in [5, 5.41) is 5.06. The summed E-state index contributed by atoms with van der Waals surface area (Å²) >= 11 is 5.14. The number of nitrogens with zero attached hydrogens (tertiary/aromatic N) is 2. The molecule has 4 nitrogen and oxygen atoms in total. The highest BCUT2D eigenvalue weighted by molar-refractivity contribution is 9.10. The number of ether oxygens (including phenoxy) is 1. The number of benzene rings is 3. The maximum atomic E-state index is 5.87. The minimum absolute atomic E-state index is 0.534. The average molecular weight is 438 g/mol. The maximum absolute atomic E-state index is 5.87. The molecule has 0 radical (unpaired) electrons. The Morgan fingerprint density at radius 2 is 1.85 bits per heavy atom. The van der Waals surface area contributed by atoms with Crippen LogP contribution in [0.25, 0.3) is 10.2 Å². The monoisotopic (exact) mass is 437 g/mol.